The van der Waals surface area contributed by atoms with Gasteiger partial charge in [0.25, 0.3) is 0 Å². The minimum absolute atomic E-state index is 0.126. The second-order valence-corrected chi connectivity index (χ2v) is 15.3. The number of benzene rings is 1. The van der Waals surface area contributed by atoms with Gasteiger partial charge in [0.2, 0.25) is 17.7 Å². The molecule has 0 bridgehead atoms. The summed E-state index contributed by atoms with van der Waals surface area (Å²) in [4.78, 5) is 20.5. The van der Waals surface area contributed by atoms with Gasteiger partial charge in [-0.2, -0.15) is 5.26 Å². The molecule has 2 heterocycles. The molecular formula is C31H38F2N4O4S. The Kier molecular flexibility index (Phi) is 7.35. The molecule has 3 aliphatic carbocycles. The van der Waals surface area contributed by atoms with Crippen LogP contribution in [0, 0.1) is 17.2 Å². The number of hydrogen-bond acceptors (Lipinski definition) is 7. The lowest BCUT2D eigenvalue weighted by molar-refractivity contribution is -0.127. The maximum absolute atomic E-state index is 14.1. The van der Waals surface area contributed by atoms with Crippen molar-refractivity contribution >= 4 is 21.4 Å². The van der Waals surface area contributed by atoms with E-state index >= 15 is 0 Å². The zero-order valence-corrected chi connectivity index (χ0v) is 24.8. The zero-order valence-electron chi connectivity index (χ0n) is 24.0. The minimum Gasteiger partial charge on any atom is -0.444 e. The molecule has 1 aromatic heterocycles. The second kappa shape index (κ2) is 10.6. The summed E-state index contributed by atoms with van der Waals surface area (Å²) < 4.78 is 58.5. The topological polar surface area (TPSA) is 116 Å². The number of rotatable bonds is 6. The van der Waals surface area contributed by atoms with Crippen molar-refractivity contribution in [1.82, 2.24) is 10.3 Å². The third-order valence-electron chi connectivity index (χ3n) is 9.87. The van der Waals surface area contributed by atoms with Crippen LogP contribution in [0.1, 0.15) is 88.7 Å². The van der Waals surface area contributed by atoms with E-state index in [0.717, 1.165) is 30.5 Å². The van der Waals surface area contributed by atoms with Crippen LogP contribution in [0.15, 0.2) is 28.7 Å². The lowest BCUT2D eigenvalue weighted by Gasteiger charge is -2.34. The SMILES string of the molecule is CC1(c2nc(-c3ccc(N4CCS(=O)(=O)CC4)cc3)c(C3CCCCC3C(=O)NC3(C#N)CC3)o2)CCC(F)(F)CC1. The predicted octanol–water partition coefficient (Wildman–Crippen LogP) is 5.49. The molecule has 2 atom stereocenters. The van der Waals surface area contributed by atoms with Gasteiger partial charge in [-0.15, -0.1) is 0 Å². The number of sulfone groups is 1. The Morgan fingerprint density at radius 2 is 1.69 bits per heavy atom. The van der Waals surface area contributed by atoms with Crippen LogP contribution >= 0.6 is 0 Å². The second-order valence-electron chi connectivity index (χ2n) is 13.0. The summed E-state index contributed by atoms with van der Waals surface area (Å²) in [5, 5.41) is 12.5. The summed E-state index contributed by atoms with van der Waals surface area (Å²) in [5.74, 6) is -2.14. The van der Waals surface area contributed by atoms with Crippen LogP contribution in [-0.4, -0.2) is 55.4 Å². The van der Waals surface area contributed by atoms with Crippen molar-refractivity contribution in [2.45, 2.75) is 93.9 Å². The first-order valence-electron chi connectivity index (χ1n) is 15.1. The van der Waals surface area contributed by atoms with Gasteiger partial charge in [0, 0.05) is 54.4 Å². The van der Waals surface area contributed by atoms with Crippen LogP contribution < -0.4 is 10.2 Å². The maximum Gasteiger partial charge on any atom is 0.248 e. The Hall–Kier alpha value is -3.00. The summed E-state index contributed by atoms with van der Waals surface area (Å²) in [6.07, 6.45) is 4.62. The van der Waals surface area contributed by atoms with E-state index < -0.39 is 26.7 Å². The molecule has 226 valence electrons. The first-order valence-corrected chi connectivity index (χ1v) is 16.9. The molecule has 4 aliphatic rings. The van der Waals surface area contributed by atoms with Gasteiger partial charge in [0.05, 0.1) is 17.6 Å². The smallest absolute Gasteiger partial charge is 0.248 e. The molecule has 3 saturated carbocycles. The zero-order chi connectivity index (χ0) is 29.8. The molecule has 2 unspecified atom stereocenters. The molecule has 1 aromatic carbocycles. The maximum atomic E-state index is 14.1. The molecule has 1 aliphatic heterocycles. The molecule has 1 saturated heterocycles. The molecule has 2 aromatic rings. The van der Waals surface area contributed by atoms with E-state index in [9.17, 15) is 27.3 Å². The van der Waals surface area contributed by atoms with E-state index in [0.29, 0.717) is 49.7 Å². The number of nitriles is 1. The number of nitrogens with one attached hydrogen (secondary N) is 1. The van der Waals surface area contributed by atoms with Crippen molar-refractivity contribution < 1.29 is 26.4 Å². The highest BCUT2D eigenvalue weighted by molar-refractivity contribution is 7.91. The Labute approximate surface area is 245 Å². The van der Waals surface area contributed by atoms with Gasteiger partial charge in [0.15, 0.2) is 9.84 Å². The highest BCUT2D eigenvalue weighted by Gasteiger charge is 2.48. The highest BCUT2D eigenvalue weighted by Crippen LogP contribution is 2.49. The van der Waals surface area contributed by atoms with Gasteiger partial charge in [-0.1, -0.05) is 31.9 Å². The number of oxazole rings is 1. The van der Waals surface area contributed by atoms with E-state index in [-0.39, 0.29) is 54.9 Å². The van der Waals surface area contributed by atoms with E-state index in [1.807, 2.05) is 36.1 Å². The van der Waals surface area contributed by atoms with Crippen LogP contribution in [0.4, 0.5) is 14.5 Å². The van der Waals surface area contributed by atoms with Gasteiger partial charge in [-0.3, -0.25) is 4.79 Å². The number of anilines is 1. The molecular weight excluding hydrogens is 562 g/mol. The van der Waals surface area contributed by atoms with Crippen molar-refractivity contribution in [3.8, 4) is 17.3 Å². The standard InChI is InChI=1S/C31H38F2N4O4S/c1-29(10-14-31(32,33)15-11-29)28-35-25(21-6-8-22(9-7-21)37-16-18-42(39,40)19-17-37)26(41-28)23-4-2-3-5-24(23)27(38)36-30(20-34)12-13-30/h6-9,23-24H,2-5,10-19H2,1H3,(H,36,38). The Morgan fingerprint density at radius 1 is 1.05 bits per heavy atom. The fourth-order valence-electron chi connectivity index (χ4n) is 6.71. The number of aromatic nitrogens is 1. The van der Waals surface area contributed by atoms with E-state index in [1.54, 1.807) is 0 Å². The molecule has 11 heteroatoms. The normalized spacial score (nSPS) is 27.5. The van der Waals surface area contributed by atoms with Crippen LogP contribution in [0.3, 0.4) is 0 Å². The molecule has 8 nitrogen and oxygen atoms in total. The third-order valence-corrected chi connectivity index (χ3v) is 11.5. The Bertz CT molecular complexity index is 1470. The van der Waals surface area contributed by atoms with Crippen molar-refractivity contribution in [2.24, 2.45) is 5.92 Å². The number of carbonyl (C=O) groups is 1. The average molecular weight is 601 g/mol. The summed E-state index contributed by atoms with van der Waals surface area (Å²) >= 11 is 0. The number of halogens is 2. The first kappa shape index (κ1) is 29.1. The number of carbonyl (C=O) groups excluding carboxylic acids is 1. The molecule has 42 heavy (non-hydrogen) atoms. The van der Waals surface area contributed by atoms with Crippen molar-refractivity contribution in [3.05, 3.63) is 35.9 Å². The van der Waals surface area contributed by atoms with Crippen LogP contribution in [0.25, 0.3) is 11.3 Å². The van der Waals surface area contributed by atoms with E-state index in [4.69, 9.17) is 9.40 Å². The molecule has 1 amide bonds. The van der Waals surface area contributed by atoms with Gasteiger partial charge in [-0.25, -0.2) is 22.2 Å². The number of alkyl halides is 2. The highest BCUT2D eigenvalue weighted by atomic mass is 32.2. The lowest BCUT2D eigenvalue weighted by Crippen LogP contribution is -2.42. The fourth-order valence-corrected chi connectivity index (χ4v) is 7.91. The van der Waals surface area contributed by atoms with Crippen molar-refractivity contribution in [1.29, 1.82) is 5.26 Å². The van der Waals surface area contributed by atoms with Gasteiger partial charge < -0.3 is 14.6 Å². The summed E-state index contributed by atoms with van der Waals surface area (Å²) in [5.41, 5.74) is 0.945. The lowest BCUT2D eigenvalue weighted by atomic mass is 9.74. The largest absolute Gasteiger partial charge is 0.444 e. The molecule has 0 spiro atoms. The van der Waals surface area contributed by atoms with Crippen LogP contribution in [-0.2, 0) is 20.0 Å². The summed E-state index contributed by atoms with van der Waals surface area (Å²) in [6.45, 7) is 2.81. The molecule has 4 fully saturated rings. The van der Waals surface area contributed by atoms with Gasteiger partial charge in [0.1, 0.15) is 17.0 Å². The Balaban J connectivity index is 1.34. The Morgan fingerprint density at radius 3 is 2.31 bits per heavy atom. The minimum atomic E-state index is -3.00. The summed E-state index contributed by atoms with van der Waals surface area (Å²) in [7, 11) is -3.00. The third kappa shape index (κ3) is 5.79. The van der Waals surface area contributed by atoms with Gasteiger partial charge in [-0.05, 0) is 50.7 Å². The molecule has 1 N–H and O–H groups in total. The monoisotopic (exact) mass is 600 g/mol. The quantitative estimate of drug-likeness (QED) is 0.466. The number of hydrogen-bond donors (Lipinski definition) is 1. The first-order chi connectivity index (χ1) is 19.9. The van der Waals surface area contributed by atoms with Gasteiger partial charge >= 0.3 is 0 Å². The molecule has 0 radical (unpaired) electrons. The molecule has 6 rings (SSSR count). The van der Waals surface area contributed by atoms with Crippen LogP contribution in [0.2, 0.25) is 0 Å². The van der Waals surface area contributed by atoms with Crippen LogP contribution in [0.5, 0.6) is 0 Å². The fraction of sp³-hybridized carbons (Fsp3) is 0.645. The predicted molar refractivity (Wildman–Crippen MR) is 154 cm³/mol. The summed E-state index contributed by atoms with van der Waals surface area (Å²) in [6, 6.07) is 10.0. The number of nitrogens with zero attached hydrogens (tertiary/aromatic N) is 3. The van der Waals surface area contributed by atoms with Crippen molar-refractivity contribution in [2.75, 3.05) is 29.5 Å². The van der Waals surface area contributed by atoms with Crippen molar-refractivity contribution in [3.63, 3.8) is 0 Å². The van der Waals surface area contributed by atoms with E-state index in [1.165, 1.54) is 0 Å². The van der Waals surface area contributed by atoms with E-state index in [2.05, 4.69) is 11.4 Å². The average Bonchev–Trinajstić information content (AvgIpc) is 3.60. The number of amides is 1.